The van der Waals surface area contributed by atoms with Crippen LogP contribution in [0, 0.1) is 0 Å². The molecule has 1 aliphatic heterocycles. The van der Waals surface area contributed by atoms with Gasteiger partial charge >= 0.3 is 0 Å². The minimum Gasteiger partial charge on any atom is -0.379 e. The number of ether oxygens (including phenoxy) is 1. The quantitative estimate of drug-likeness (QED) is 0.344. The van der Waals surface area contributed by atoms with Crippen LogP contribution in [0.25, 0.3) is 10.9 Å². The zero-order chi connectivity index (χ0) is 23.9. The molecule has 8 heteroatoms. The summed E-state index contributed by atoms with van der Waals surface area (Å²) in [6, 6.07) is 17.1. The first-order valence-electron chi connectivity index (χ1n) is 11.9. The number of nitrogens with zero attached hydrogens (tertiary/aromatic N) is 4. The third-order valence-electron chi connectivity index (χ3n) is 6.07. The molecule has 0 spiro atoms. The molecule has 2 aromatic carbocycles. The molecule has 0 saturated carbocycles. The standard InChI is InChI=1S/C26H32N4O3S/c1-3-29(21-10-5-4-6-11-21)24(31)20(2)34-26-27-23-13-8-7-12-22(23)25(32)30(26)15-9-14-28-16-18-33-19-17-28/h4-8,10-13,20H,3,9,14-19H2,1-2H3. The lowest BCUT2D eigenvalue weighted by molar-refractivity contribution is -0.117. The second-order valence-corrected chi connectivity index (χ2v) is 9.66. The fourth-order valence-corrected chi connectivity index (χ4v) is 5.21. The number of anilines is 1. The largest absolute Gasteiger partial charge is 0.379 e. The summed E-state index contributed by atoms with van der Waals surface area (Å²) in [6.45, 7) is 9.25. The molecular formula is C26H32N4O3S. The number of rotatable bonds is 9. The fourth-order valence-electron chi connectivity index (χ4n) is 4.21. The molecule has 1 fully saturated rings. The maximum atomic E-state index is 13.4. The van der Waals surface area contributed by atoms with Gasteiger partial charge in [-0.15, -0.1) is 0 Å². The predicted octanol–water partition coefficient (Wildman–Crippen LogP) is 3.65. The lowest BCUT2D eigenvalue weighted by Crippen LogP contribution is -2.38. The Morgan fingerprint density at radius 2 is 1.79 bits per heavy atom. The highest BCUT2D eigenvalue weighted by Crippen LogP contribution is 2.26. The van der Waals surface area contributed by atoms with Gasteiger partial charge in [-0.25, -0.2) is 4.98 Å². The van der Waals surface area contributed by atoms with Crippen molar-refractivity contribution in [1.82, 2.24) is 14.5 Å². The van der Waals surface area contributed by atoms with Crippen molar-refractivity contribution in [2.24, 2.45) is 0 Å². The second-order valence-electron chi connectivity index (χ2n) is 8.35. The number of para-hydroxylation sites is 2. The number of thioether (sulfide) groups is 1. The smallest absolute Gasteiger partial charge is 0.262 e. The van der Waals surface area contributed by atoms with Crippen LogP contribution in [0.1, 0.15) is 20.3 Å². The third kappa shape index (κ3) is 5.68. The molecule has 0 aliphatic carbocycles. The molecule has 180 valence electrons. The van der Waals surface area contributed by atoms with E-state index in [0.717, 1.165) is 45.0 Å². The molecule has 1 aromatic heterocycles. The van der Waals surface area contributed by atoms with Gasteiger partial charge in [0.15, 0.2) is 5.16 Å². The minimum atomic E-state index is -0.390. The van der Waals surface area contributed by atoms with Gasteiger partial charge < -0.3 is 9.64 Å². The third-order valence-corrected chi connectivity index (χ3v) is 7.14. The van der Waals surface area contributed by atoms with E-state index in [0.29, 0.717) is 29.1 Å². The lowest BCUT2D eigenvalue weighted by Gasteiger charge is -2.27. The van der Waals surface area contributed by atoms with E-state index in [2.05, 4.69) is 4.90 Å². The van der Waals surface area contributed by atoms with Crippen LogP contribution in [0.5, 0.6) is 0 Å². The Morgan fingerprint density at radius 1 is 1.09 bits per heavy atom. The highest BCUT2D eigenvalue weighted by molar-refractivity contribution is 8.00. The number of carbonyl (C=O) groups excluding carboxylic acids is 1. The highest BCUT2D eigenvalue weighted by Gasteiger charge is 2.24. The first-order chi connectivity index (χ1) is 16.6. The SMILES string of the molecule is CCN(C(=O)C(C)Sc1nc2ccccc2c(=O)n1CCCN1CCOCC1)c1ccccc1. The number of amides is 1. The maximum absolute atomic E-state index is 13.4. The average molecular weight is 481 g/mol. The monoisotopic (exact) mass is 480 g/mol. The van der Waals surface area contributed by atoms with Crippen molar-refractivity contribution in [3.63, 3.8) is 0 Å². The van der Waals surface area contributed by atoms with E-state index in [4.69, 9.17) is 9.72 Å². The molecule has 0 bridgehead atoms. The summed E-state index contributed by atoms with van der Waals surface area (Å²) in [5, 5.41) is 0.811. The minimum absolute atomic E-state index is 0.000902. The van der Waals surface area contributed by atoms with Crippen molar-refractivity contribution < 1.29 is 9.53 Å². The lowest BCUT2D eigenvalue weighted by atomic mass is 10.2. The molecule has 0 N–H and O–H groups in total. The fraction of sp³-hybridized carbons (Fsp3) is 0.423. The predicted molar refractivity (Wildman–Crippen MR) is 138 cm³/mol. The van der Waals surface area contributed by atoms with E-state index >= 15 is 0 Å². The number of morpholine rings is 1. The Balaban J connectivity index is 1.56. The molecule has 7 nitrogen and oxygen atoms in total. The van der Waals surface area contributed by atoms with Crippen molar-refractivity contribution in [1.29, 1.82) is 0 Å². The summed E-state index contributed by atoms with van der Waals surface area (Å²) in [7, 11) is 0. The van der Waals surface area contributed by atoms with Gasteiger partial charge in [0.2, 0.25) is 5.91 Å². The van der Waals surface area contributed by atoms with Crippen LogP contribution >= 0.6 is 11.8 Å². The van der Waals surface area contributed by atoms with Crippen LogP contribution in [0.3, 0.4) is 0 Å². The zero-order valence-corrected chi connectivity index (χ0v) is 20.7. The van der Waals surface area contributed by atoms with Crippen molar-refractivity contribution in [2.45, 2.75) is 37.2 Å². The molecule has 1 unspecified atom stereocenters. The summed E-state index contributed by atoms with van der Waals surface area (Å²) < 4.78 is 7.18. The number of benzene rings is 2. The van der Waals surface area contributed by atoms with Crippen molar-refractivity contribution in [3.05, 3.63) is 65.0 Å². The van der Waals surface area contributed by atoms with Gasteiger partial charge in [-0.05, 0) is 44.5 Å². The summed E-state index contributed by atoms with van der Waals surface area (Å²) in [6.07, 6.45) is 0.834. The Kier molecular flexibility index (Phi) is 8.37. The number of fused-ring (bicyclic) bond motifs is 1. The Morgan fingerprint density at radius 3 is 2.53 bits per heavy atom. The van der Waals surface area contributed by atoms with E-state index in [-0.39, 0.29) is 11.5 Å². The molecule has 2 heterocycles. The van der Waals surface area contributed by atoms with E-state index in [1.54, 1.807) is 9.47 Å². The van der Waals surface area contributed by atoms with Gasteiger partial charge in [-0.3, -0.25) is 19.1 Å². The van der Waals surface area contributed by atoms with Gasteiger partial charge in [0.05, 0.1) is 29.4 Å². The molecule has 1 aliphatic rings. The van der Waals surface area contributed by atoms with Gasteiger partial charge in [0.25, 0.3) is 5.56 Å². The van der Waals surface area contributed by atoms with Crippen LogP contribution < -0.4 is 10.5 Å². The summed E-state index contributed by atoms with van der Waals surface area (Å²) >= 11 is 1.36. The number of carbonyl (C=O) groups is 1. The molecule has 4 rings (SSSR count). The zero-order valence-electron chi connectivity index (χ0n) is 19.9. The average Bonchev–Trinajstić information content (AvgIpc) is 2.87. The van der Waals surface area contributed by atoms with E-state index < -0.39 is 5.25 Å². The van der Waals surface area contributed by atoms with Crippen LogP contribution in [0.4, 0.5) is 5.69 Å². The van der Waals surface area contributed by atoms with Gasteiger partial charge in [-0.2, -0.15) is 0 Å². The van der Waals surface area contributed by atoms with E-state index in [1.165, 1.54) is 11.8 Å². The normalized spacial score (nSPS) is 15.4. The molecule has 34 heavy (non-hydrogen) atoms. The molecular weight excluding hydrogens is 448 g/mol. The Bertz CT molecular complexity index is 1160. The summed E-state index contributed by atoms with van der Waals surface area (Å²) in [5.41, 5.74) is 1.48. The topological polar surface area (TPSA) is 67.7 Å². The highest BCUT2D eigenvalue weighted by atomic mass is 32.2. The maximum Gasteiger partial charge on any atom is 0.262 e. The molecule has 0 radical (unpaired) electrons. The van der Waals surface area contributed by atoms with Crippen molar-refractivity contribution in [3.8, 4) is 0 Å². The molecule has 1 amide bonds. The second kappa shape index (κ2) is 11.6. The van der Waals surface area contributed by atoms with Crippen LogP contribution in [-0.4, -0.2) is 65.0 Å². The first-order valence-corrected chi connectivity index (χ1v) is 12.8. The Hall–Kier alpha value is -2.68. The summed E-state index contributed by atoms with van der Waals surface area (Å²) in [5.74, 6) is 0.000902. The molecule has 1 saturated heterocycles. The molecule has 3 aromatic rings. The van der Waals surface area contributed by atoms with Gasteiger partial charge in [0.1, 0.15) is 0 Å². The van der Waals surface area contributed by atoms with Crippen LogP contribution in [0.15, 0.2) is 64.5 Å². The first kappa shape index (κ1) is 24.4. The van der Waals surface area contributed by atoms with Crippen molar-refractivity contribution in [2.75, 3.05) is 44.3 Å². The number of aromatic nitrogens is 2. The Labute approximate surface area is 204 Å². The number of hydrogen-bond acceptors (Lipinski definition) is 6. The van der Waals surface area contributed by atoms with E-state index in [9.17, 15) is 9.59 Å². The number of hydrogen-bond donors (Lipinski definition) is 0. The van der Waals surface area contributed by atoms with Crippen LogP contribution in [0.2, 0.25) is 0 Å². The van der Waals surface area contributed by atoms with Gasteiger partial charge in [0, 0.05) is 38.4 Å². The van der Waals surface area contributed by atoms with Crippen molar-refractivity contribution >= 4 is 34.3 Å². The van der Waals surface area contributed by atoms with Gasteiger partial charge in [-0.1, -0.05) is 42.1 Å². The van der Waals surface area contributed by atoms with E-state index in [1.807, 2.05) is 68.4 Å². The van der Waals surface area contributed by atoms with Crippen LogP contribution in [-0.2, 0) is 16.1 Å². The molecule has 1 atom stereocenters. The summed E-state index contributed by atoms with van der Waals surface area (Å²) in [4.78, 5) is 35.6.